The topological polar surface area (TPSA) is 109 Å². The first-order valence-corrected chi connectivity index (χ1v) is 10.6. The molecule has 0 bridgehead atoms. The van der Waals surface area contributed by atoms with E-state index in [9.17, 15) is 20.0 Å². The number of carbonyl (C=O) groups excluding carboxylic acids is 1. The molecule has 166 valence electrons. The van der Waals surface area contributed by atoms with Crippen molar-refractivity contribution in [1.29, 1.82) is 5.26 Å². The van der Waals surface area contributed by atoms with Gasteiger partial charge in [0.1, 0.15) is 23.3 Å². The number of nitrogens with zero attached hydrogens (tertiary/aromatic N) is 1. The summed E-state index contributed by atoms with van der Waals surface area (Å²) >= 11 is 0. The Bertz CT molecular complexity index is 1200. The summed E-state index contributed by atoms with van der Waals surface area (Å²) in [6, 6.07) is 21.6. The molecule has 2 N–H and O–H groups in total. The Hall–Kier alpha value is -4.31. The summed E-state index contributed by atoms with van der Waals surface area (Å²) in [6.45, 7) is 0.808. The van der Waals surface area contributed by atoms with Gasteiger partial charge in [0.05, 0.1) is 18.1 Å². The summed E-state index contributed by atoms with van der Waals surface area (Å²) in [5.74, 6) is -0.737. The van der Waals surface area contributed by atoms with Gasteiger partial charge in [-0.05, 0) is 48.7 Å². The fourth-order valence-electron chi connectivity index (χ4n) is 3.71. The highest BCUT2D eigenvalue weighted by atomic mass is 16.5. The van der Waals surface area contributed by atoms with Crippen LogP contribution in [0.15, 0.2) is 66.7 Å². The molecule has 0 saturated carbocycles. The smallest absolute Gasteiger partial charge is 0.311 e. The van der Waals surface area contributed by atoms with E-state index in [4.69, 9.17) is 9.47 Å². The van der Waals surface area contributed by atoms with Gasteiger partial charge in [0, 0.05) is 23.7 Å². The van der Waals surface area contributed by atoms with Gasteiger partial charge in [-0.2, -0.15) is 5.26 Å². The zero-order valence-electron chi connectivity index (χ0n) is 17.8. The third kappa shape index (κ3) is 5.13. The quantitative estimate of drug-likeness (QED) is 0.566. The van der Waals surface area contributed by atoms with E-state index in [0.717, 1.165) is 12.0 Å². The Kier molecular flexibility index (Phi) is 6.56. The molecule has 0 aromatic heterocycles. The summed E-state index contributed by atoms with van der Waals surface area (Å²) in [5.41, 5.74) is 2.33. The standard InChI is InChI=1S/C26H22N2O5/c27-16-19-14-22-21(26(30)31)11-13-32-24(22)15-23(19)33-20-8-6-18(7-9-20)25(29)28-12-10-17-4-2-1-3-5-17/h1-9,14-15,21H,10-13H2,(H,28,29)(H,30,31). The minimum Gasteiger partial charge on any atom is -0.493 e. The van der Waals surface area contributed by atoms with Crippen molar-refractivity contribution < 1.29 is 24.2 Å². The Morgan fingerprint density at radius 3 is 2.58 bits per heavy atom. The second-order valence-electron chi connectivity index (χ2n) is 7.64. The molecule has 7 heteroatoms. The number of aliphatic carboxylic acids is 1. The van der Waals surface area contributed by atoms with Crippen LogP contribution in [0.4, 0.5) is 0 Å². The van der Waals surface area contributed by atoms with Gasteiger partial charge < -0.3 is 19.9 Å². The summed E-state index contributed by atoms with van der Waals surface area (Å²) in [4.78, 5) is 23.9. The normalized spacial score (nSPS) is 14.3. The van der Waals surface area contributed by atoms with Crippen LogP contribution in [0.1, 0.15) is 39.4 Å². The number of nitrogens with one attached hydrogen (secondary N) is 1. The fraction of sp³-hybridized carbons (Fsp3) is 0.192. The van der Waals surface area contributed by atoms with E-state index in [1.54, 1.807) is 30.3 Å². The molecule has 1 aliphatic rings. The lowest BCUT2D eigenvalue weighted by Crippen LogP contribution is -2.25. The van der Waals surface area contributed by atoms with E-state index >= 15 is 0 Å². The molecule has 1 atom stereocenters. The average molecular weight is 442 g/mol. The fourth-order valence-corrected chi connectivity index (χ4v) is 3.71. The SMILES string of the molecule is N#Cc1cc2c(cc1Oc1ccc(C(=O)NCCc3ccccc3)cc1)OCCC2C(=O)O. The van der Waals surface area contributed by atoms with Gasteiger partial charge in [0.2, 0.25) is 0 Å². The monoisotopic (exact) mass is 442 g/mol. The van der Waals surface area contributed by atoms with E-state index < -0.39 is 11.9 Å². The van der Waals surface area contributed by atoms with Crippen LogP contribution < -0.4 is 14.8 Å². The lowest BCUT2D eigenvalue weighted by atomic mass is 9.91. The van der Waals surface area contributed by atoms with Crippen LogP contribution in [0, 0.1) is 11.3 Å². The maximum Gasteiger partial charge on any atom is 0.311 e. The van der Waals surface area contributed by atoms with Gasteiger partial charge in [-0.25, -0.2) is 0 Å². The van der Waals surface area contributed by atoms with Crippen molar-refractivity contribution in [3.8, 4) is 23.3 Å². The number of hydrogen-bond acceptors (Lipinski definition) is 5. The molecule has 0 saturated heterocycles. The Balaban J connectivity index is 1.43. The van der Waals surface area contributed by atoms with E-state index in [2.05, 4.69) is 11.4 Å². The molecule has 4 rings (SSSR count). The van der Waals surface area contributed by atoms with Crippen molar-refractivity contribution in [2.24, 2.45) is 0 Å². The lowest BCUT2D eigenvalue weighted by molar-refractivity contribution is -0.139. The molecule has 33 heavy (non-hydrogen) atoms. The molecule has 1 amide bonds. The molecule has 0 radical (unpaired) electrons. The Morgan fingerprint density at radius 2 is 1.88 bits per heavy atom. The van der Waals surface area contributed by atoms with Gasteiger partial charge in [0.15, 0.2) is 0 Å². The van der Waals surface area contributed by atoms with Crippen LogP contribution in [-0.2, 0) is 11.2 Å². The summed E-state index contributed by atoms with van der Waals surface area (Å²) in [7, 11) is 0. The number of benzene rings is 3. The number of carboxylic acids is 1. The minimum absolute atomic E-state index is 0.183. The van der Waals surface area contributed by atoms with Crippen molar-refractivity contribution in [2.45, 2.75) is 18.8 Å². The second-order valence-corrected chi connectivity index (χ2v) is 7.64. The molecule has 1 unspecified atom stereocenters. The highest BCUT2D eigenvalue weighted by Gasteiger charge is 2.29. The van der Waals surface area contributed by atoms with Gasteiger partial charge in [-0.3, -0.25) is 9.59 Å². The zero-order chi connectivity index (χ0) is 23.2. The largest absolute Gasteiger partial charge is 0.493 e. The molecule has 0 spiro atoms. The number of carbonyl (C=O) groups is 2. The van der Waals surface area contributed by atoms with Crippen molar-refractivity contribution in [1.82, 2.24) is 5.32 Å². The summed E-state index contributed by atoms with van der Waals surface area (Å²) < 4.78 is 11.5. The third-order valence-corrected chi connectivity index (χ3v) is 5.46. The molecule has 0 aliphatic carbocycles. The predicted molar refractivity (Wildman–Crippen MR) is 121 cm³/mol. The first-order chi connectivity index (χ1) is 16.0. The van der Waals surface area contributed by atoms with Crippen LogP contribution >= 0.6 is 0 Å². The van der Waals surface area contributed by atoms with Crippen molar-refractivity contribution in [3.63, 3.8) is 0 Å². The summed E-state index contributed by atoms with van der Waals surface area (Å²) in [6.07, 6.45) is 1.09. The predicted octanol–water partition coefficient (Wildman–Crippen LogP) is 4.27. The molecular weight excluding hydrogens is 420 g/mol. The molecule has 3 aromatic carbocycles. The van der Waals surface area contributed by atoms with E-state index in [1.165, 1.54) is 6.07 Å². The van der Waals surface area contributed by atoms with Crippen LogP contribution in [-0.4, -0.2) is 30.1 Å². The van der Waals surface area contributed by atoms with Gasteiger partial charge in [0.25, 0.3) is 5.91 Å². The number of ether oxygens (including phenoxy) is 2. The minimum atomic E-state index is -0.949. The maximum absolute atomic E-state index is 12.4. The van der Waals surface area contributed by atoms with E-state index in [1.807, 2.05) is 30.3 Å². The summed E-state index contributed by atoms with van der Waals surface area (Å²) in [5, 5.41) is 21.9. The number of nitriles is 1. The lowest BCUT2D eigenvalue weighted by Gasteiger charge is -2.24. The highest BCUT2D eigenvalue weighted by Crippen LogP contribution is 2.39. The molecule has 1 aliphatic heterocycles. The van der Waals surface area contributed by atoms with Crippen LogP contribution in [0.25, 0.3) is 0 Å². The molecule has 1 heterocycles. The third-order valence-electron chi connectivity index (χ3n) is 5.46. The Labute approximate surface area is 191 Å². The molecule has 0 fully saturated rings. The zero-order valence-corrected chi connectivity index (χ0v) is 17.8. The second kappa shape index (κ2) is 9.88. The van der Waals surface area contributed by atoms with E-state index in [-0.39, 0.29) is 23.8 Å². The number of carboxylic acid groups (broad SMARTS) is 1. The van der Waals surface area contributed by atoms with Crippen LogP contribution in [0.5, 0.6) is 17.2 Å². The molecule has 7 nitrogen and oxygen atoms in total. The average Bonchev–Trinajstić information content (AvgIpc) is 2.84. The first kappa shape index (κ1) is 21.9. The van der Waals surface area contributed by atoms with Gasteiger partial charge >= 0.3 is 5.97 Å². The van der Waals surface area contributed by atoms with E-state index in [0.29, 0.717) is 35.6 Å². The van der Waals surface area contributed by atoms with Crippen molar-refractivity contribution in [3.05, 3.63) is 89.0 Å². The van der Waals surface area contributed by atoms with Gasteiger partial charge in [-0.1, -0.05) is 30.3 Å². The molecule has 3 aromatic rings. The van der Waals surface area contributed by atoms with Gasteiger partial charge in [-0.15, -0.1) is 0 Å². The van der Waals surface area contributed by atoms with Crippen LogP contribution in [0.2, 0.25) is 0 Å². The van der Waals surface area contributed by atoms with Crippen molar-refractivity contribution in [2.75, 3.05) is 13.2 Å². The Morgan fingerprint density at radius 1 is 1.12 bits per heavy atom. The number of amides is 1. The molecular formula is C26H22N2O5. The van der Waals surface area contributed by atoms with Crippen LogP contribution in [0.3, 0.4) is 0 Å². The van der Waals surface area contributed by atoms with Crippen molar-refractivity contribution >= 4 is 11.9 Å². The number of hydrogen-bond donors (Lipinski definition) is 2. The number of fused-ring (bicyclic) bond motifs is 1. The number of rotatable bonds is 7. The highest BCUT2D eigenvalue weighted by molar-refractivity contribution is 5.94. The maximum atomic E-state index is 12.4. The first-order valence-electron chi connectivity index (χ1n) is 10.6.